The van der Waals surface area contributed by atoms with Gasteiger partial charge in [-0.15, -0.1) is 0 Å². The minimum absolute atomic E-state index is 0.280. The summed E-state index contributed by atoms with van der Waals surface area (Å²) in [4.78, 5) is 29.2. The average molecular weight is 385 g/mol. The smallest absolute Gasteiger partial charge is 0.332 e. The van der Waals surface area contributed by atoms with Gasteiger partial charge in [-0.1, -0.05) is 55.3 Å². The van der Waals surface area contributed by atoms with E-state index < -0.39 is 11.9 Å². The van der Waals surface area contributed by atoms with E-state index in [1.165, 1.54) is 0 Å². The van der Waals surface area contributed by atoms with E-state index in [-0.39, 0.29) is 6.42 Å². The Morgan fingerprint density at radius 2 is 1.93 bits per heavy atom. The van der Waals surface area contributed by atoms with Crippen LogP contribution in [0.1, 0.15) is 42.2 Å². The zero-order chi connectivity index (χ0) is 19.2. The third kappa shape index (κ3) is 4.68. The highest BCUT2D eigenvalue weighted by atomic mass is 35.5. The van der Waals surface area contributed by atoms with Crippen molar-refractivity contribution >= 4 is 34.4 Å². The Labute approximate surface area is 162 Å². The van der Waals surface area contributed by atoms with Crippen molar-refractivity contribution in [1.82, 2.24) is 10.0 Å². The summed E-state index contributed by atoms with van der Waals surface area (Å²) in [7, 11) is 0. The number of rotatable bonds is 6. The van der Waals surface area contributed by atoms with Gasteiger partial charge in [-0.05, 0) is 36.2 Å². The molecule has 0 saturated heterocycles. The molecule has 0 aliphatic carbocycles. The molecule has 0 fully saturated rings. The van der Waals surface area contributed by atoms with Gasteiger partial charge in [-0.3, -0.25) is 4.79 Å². The first-order valence-corrected chi connectivity index (χ1v) is 9.29. The second kappa shape index (κ2) is 8.73. The van der Waals surface area contributed by atoms with Crippen LogP contribution >= 0.6 is 11.6 Å². The number of aromatic nitrogens is 1. The van der Waals surface area contributed by atoms with Crippen molar-refractivity contribution in [3.05, 3.63) is 70.9 Å². The Kier molecular flexibility index (Phi) is 6.14. The molecule has 1 aromatic heterocycles. The zero-order valence-electron chi connectivity index (χ0n) is 15.1. The Morgan fingerprint density at radius 3 is 2.70 bits per heavy atom. The van der Waals surface area contributed by atoms with E-state index in [4.69, 9.17) is 16.4 Å². The van der Waals surface area contributed by atoms with Crippen LogP contribution < -0.4 is 5.48 Å². The van der Waals surface area contributed by atoms with Gasteiger partial charge >= 0.3 is 11.9 Å². The maximum atomic E-state index is 12.6. The fourth-order valence-electron chi connectivity index (χ4n) is 2.91. The molecule has 0 radical (unpaired) electrons. The molecule has 0 spiro atoms. The zero-order valence-corrected chi connectivity index (χ0v) is 15.8. The van der Waals surface area contributed by atoms with E-state index in [2.05, 4.69) is 5.48 Å². The number of benzene rings is 2. The first kappa shape index (κ1) is 19.0. The summed E-state index contributed by atoms with van der Waals surface area (Å²) in [6.07, 6.45) is 1.89. The summed E-state index contributed by atoms with van der Waals surface area (Å²) in [6.45, 7) is 2.46. The third-order valence-corrected chi connectivity index (χ3v) is 4.50. The van der Waals surface area contributed by atoms with Gasteiger partial charge in [0.05, 0.1) is 0 Å². The number of nitrogens with zero attached hydrogens (tertiary/aromatic N) is 1. The Morgan fingerprint density at radius 1 is 1.11 bits per heavy atom. The molecule has 27 heavy (non-hydrogen) atoms. The normalized spacial score (nSPS) is 10.7. The molecule has 1 heterocycles. The molecular weight excluding hydrogens is 364 g/mol. The van der Waals surface area contributed by atoms with Crippen LogP contribution in [0.4, 0.5) is 0 Å². The van der Waals surface area contributed by atoms with Crippen molar-refractivity contribution in [2.24, 2.45) is 0 Å². The maximum absolute atomic E-state index is 12.6. The van der Waals surface area contributed by atoms with Gasteiger partial charge in [-0.2, -0.15) is 5.48 Å². The molecule has 140 valence electrons. The molecule has 0 aliphatic rings. The van der Waals surface area contributed by atoms with Crippen molar-refractivity contribution in [3.8, 4) is 0 Å². The quantitative estimate of drug-likeness (QED) is 0.625. The summed E-state index contributed by atoms with van der Waals surface area (Å²) in [5, 5.41) is 1.57. The van der Waals surface area contributed by atoms with Gasteiger partial charge in [0.1, 0.15) is 5.69 Å². The second-order valence-corrected chi connectivity index (χ2v) is 6.75. The van der Waals surface area contributed by atoms with Crippen LogP contribution in [0, 0.1) is 0 Å². The average Bonchev–Trinajstić information content (AvgIpc) is 3.03. The number of carbonyl (C=O) groups is 2. The monoisotopic (exact) mass is 384 g/mol. The standard InChI is InChI=1S/C21H21ClN2O3/c1-2-3-11-20(25)27-23-21(26)19-13-16-8-4-5-10-18(16)24(19)14-15-7-6-9-17(22)12-15/h4-10,12-13H,2-3,11,14H2,1H3,(H,23,26). The van der Waals surface area contributed by atoms with Crippen molar-refractivity contribution < 1.29 is 14.4 Å². The highest BCUT2D eigenvalue weighted by Gasteiger charge is 2.17. The first-order valence-electron chi connectivity index (χ1n) is 8.91. The van der Waals surface area contributed by atoms with E-state index in [1.807, 2.05) is 60.0 Å². The maximum Gasteiger partial charge on any atom is 0.332 e. The van der Waals surface area contributed by atoms with Crippen LogP contribution in [0.2, 0.25) is 5.02 Å². The first-order chi connectivity index (χ1) is 13.1. The molecular formula is C21H21ClN2O3. The number of hydroxylamine groups is 1. The summed E-state index contributed by atoms with van der Waals surface area (Å²) < 4.78 is 1.89. The molecule has 0 aliphatic heterocycles. The minimum Gasteiger partial charge on any atom is -0.340 e. The predicted octanol–water partition coefficient (Wildman–Crippen LogP) is 4.72. The van der Waals surface area contributed by atoms with Gasteiger partial charge in [-0.25, -0.2) is 4.79 Å². The Balaban J connectivity index is 1.86. The van der Waals surface area contributed by atoms with Crippen LogP contribution in [0.15, 0.2) is 54.6 Å². The molecule has 0 saturated carbocycles. The Bertz CT molecular complexity index is 965. The van der Waals surface area contributed by atoms with Crippen LogP contribution in [-0.4, -0.2) is 16.4 Å². The molecule has 0 bridgehead atoms. The van der Waals surface area contributed by atoms with Crippen molar-refractivity contribution in [2.45, 2.75) is 32.7 Å². The lowest BCUT2D eigenvalue weighted by molar-refractivity contribution is -0.149. The van der Waals surface area contributed by atoms with Crippen LogP contribution in [0.5, 0.6) is 0 Å². The second-order valence-electron chi connectivity index (χ2n) is 6.31. The van der Waals surface area contributed by atoms with Gasteiger partial charge < -0.3 is 9.40 Å². The number of amides is 1. The molecule has 6 heteroatoms. The minimum atomic E-state index is -0.460. The molecule has 5 nitrogen and oxygen atoms in total. The molecule has 1 amide bonds. The third-order valence-electron chi connectivity index (χ3n) is 4.26. The number of para-hydroxylation sites is 1. The molecule has 3 aromatic rings. The van der Waals surface area contributed by atoms with Gasteiger partial charge in [0, 0.05) is 28.9 Å². The predicted molar refractivity (Wildman–Crippen MR) is 106 cm³/mol. The number of fused-ring (bicyclic) bond motifs is 1. The van der Waals surface area contributed by atoms with E-state index in [0.29, 0.717) is 17.3 Å². The highest BCUT2D eigenvalue weighted by Crippen LogP contribution is 2.22. The molecule has 3 rings (SSSR count). The Hall–Kier alpha value is -2.79. The summed E-state index contributed by atoms with van der Waals surface area (Å²) >= 11 is 6.09. The number of nitrogens with one attached hydrogen (secondary N) is 1. The number of unbranched alkanes of at least 4 members (excludes halogenated alkanes) is 1. The van der Waals surface area contributed by atoms with E-state index in [9.17, 15) is 9.59 Å². The molecule has 0 unspecified atom stereocenters. The fraction of sp³-hybridized carbons (Fsp3) is 0.238. The molecule has 2 aromatic carbocycles. The molecule has 1 N–H and O–H groups in total. The number of halogens is 1. The number of hydrogen-bond acceptors (Lipinski definition) is 3. The lowest BCUT2D eigenvalue weighted by atomic mass is 10.2. The SMILES string of the molecule is CCCCC(=O)ONC(=O)c1cc2ccccc2n1Cc1cccc(Cl)c1. The summed E-state index contributed by atoms with van der Waals surface area (Å²) in [5.74, 6) is -0.902. The topological polar surface area (TPSA) is 60.3 Å². The van der Waals surface area contributed by atoms with Crippen molar-refractivity contribution in [2.75, 3.05) is 0 Å². The van der Waals surface area contributed by atoms with E-state index in [1.54, 1.807) is 6.07 Å². The largest absolute Gasteiger partial charge is 0.340 e. The van der Waals surface area contributed by atoms with Gasteiger partial charge in [0.15, 0.2) is 0 Å². The fourth-order valence-corrected chi connectivity index (χ4v) is 3.13. The number of hydrogen-bond donors (Lipinski definition) is 1. The van der Waals surface area contributed by atoms with Gasteiger partial charge in [0.2, 0.25) is 0 Å². The van der Waals surface area contributed by atoms with Crippen LogP contribution in [0.3, 0.4) is 0 Å². The lowest BCUT2D eigenvalue weighted by Gasteiger charge is -2.11. The molecule has 0 atom stereocenters. The lowest BCUT2D eigenvalue weighted by Crippen LogP contribution is -2.29. The van der Waals surface area contributed by atoms with Crippen LogP contribution in [-0.2, 0) is 16.2 Å². The van der Waals surface area contributed by atoms with Crippen molar-refractivity contribution in [1.29, 1.82) is 0 Å². The van der Waals surface area contributed by atoms with Gasteiger partial charge in [0.25, 0.3) is 0 Å². The van der Waals surface area contributed by atoms with Crippen LogP contribution in [0.25, 0.3) is 10.9 Å². The summed E-state index contributed by atoms with van der Waals surface area (Å²) in [6, 6.07) is 17.0. The van der Waals surface area contributed by atoms with E-state index in [0.717, 1.165) is 29.3 Å². The number of carbonyl (C=O) groups excluding carboxylic acids is 2. The van der Waals surface area contributed by atoms with Crippen molar-refractivity contribution in [3.63, 3.8) is 0 Å². The highest BCUT2D eigenvalue weighted by molar-refractivity contribution is 6.30. The summed E-state index contributed by atoms with van der Waals surface area (Å²) in [5.41, 5.74) is 4.57. The van der Waals surface area contributed by atoms with E-state index >= 15 is 0 Å².